The molecule has 1 aromatic carbocycles. The molecule has 0 amide bonds. The zero-order valence-electron chi connectivity index (χ0n) is 20.0. The Hall–Kier alpha value is -0.848. The van der Waals surface area contributed by atoms with Crippen LogP contribution in [0.4, 0.5) is 0 Å². The maximum absolute atomic E-state index is 4.87. The Balaban J connectivity index is 0.00000156. The first-order chi connectivity index (χ1) is 14.7. The molecule has 0 aliphatic heterocycles. The third-order valence-corrected chi connectivity index (χ3v) is 5.68. The van der Waals surface area contributed by atoms with Gasteiger partial charge in [0.05, 0.1) is 0 Å². The monoisotopic (exact) mass is 642 g/mol. The number of hydrogen-bond donors (Lipinski definition) is 0. The predicted molar refractivity (Wildman–Crippen MR) is 134 cm³/mol. The van der Waals surface area contributed by atoms with E-state index in [-0.39, 0.29) is 31.1 Å². The van der Waals surface area contributed by atoms with Crippen molar-refractivity contribution in [1.29, 1.82) is 0 Å². The number of nitrogens with zero attached hydrogens (tertiary/aromatic N) is 2. The minimum atomic E-state index is 0. The summed E-state index contributed by atoms with van der Waals surface area (Å²) in [5.41, 5.74) is 7.14. The summed E-state index contributed by atoms with van der Waals surface area (Å²) in [4.78, 5) is 0. The molecule has 31 heavy (non-hydrogen) atoms. The van der Waals surface area contributed by atoms with E-state index in [9.17, 15) is 0 Å². The Bertz CT molecular complexity index is 741. The molecule has 2 aliphatic rings. The molecule has 2 aliphatic carbocycles. The van der Waals surface area contributed by atoms with Crippen molar-refractivity contribution in [2.45, 2.75) is 65.7 Å². The fourth-order valence-corrected chi connectivity index (χ4v) is 3.82. The average Bonchev–Trinajstić information content (AvgIpc) is 2.79. The van der Waals surface area contributed by atoms with Gasteiger partial charge in [0, 0.05) is 0 Å². The molecule has 0 saturated carbocycles. The van der Waals surface area contributed by atoms with Gasteiger partial charge in [-0.15, -0.1) is 13.1 Å². The van der Waals surface area contributed by atoms with Crippen LogP contribution in [0.3, 0.4) is 0 Å². The van der Waals surface area contributed by atoms with Crippen molar-refractivity contribution in [3.63, 3.8) is 0 Å². The Morgan fingerprint density at radius 3 is 2.26 bits per heavy atom. The molecule has 0 spiro atoms. The molecule has 0 saturated heterocycles. The number of hydrogen-bond acceptors (Lipinski definition) is 0. The van der Waals surface area contributed by atoms with Gasteiger partial charge >= 0.3 is 31.1 Å². The number of benzene rings is 1. The van der Waals surface area contributed by atoms with Crippen LogP contribution in [-0.2, 0) is 0 Å². The van der Waals surface area contributed by atoms with Crippen molar-refractivity contribution < 1.29 is 31.1 Å². The van der Waals surface area contributed by atoms with Crippen LogP contribution < -0.4 is 0 Å². The smallest absolute Gasteiger partial charge is 0.663 e. The van der Waals surface area contributed by atoms with E-state index in [1.54, 1.807) is 0 Å². The molecule has 2 nitrogen and oxygen atoms in total. The van der Waals surface area contributed by atoms with Crippen molar-refractivity contribution in [1.82, 2.24) is 0 Å². The van der Waals surface area contributed by atoms with Crippen molar-refractivity contribution in [2.24, 2.45) is 0 Å². The zero-order valence-corrected chi connectivity index (χ0v) is 24.2. The molecular weight excluding hydrogens is 602 g/mol. The third kappa shape index (κ3) is 10.5. The quantitative estimate of drug-likeness (QED) is 0.231. The maximum atomic E-state index is 4.87. The Labute approximate surface area is 215 Å². The molecule has 1 atom stereocenters. The summed E-state index contributed by atoms with van der Waals surface area (Å²) < 4.78 is 0. The fraction of sp³-hybridized carbons (Fsp3) is 0.500. The minimum Gasteiger partial charge on any atom is -0.663 e. The number of aryl methyl sites for hydroxylation is 1. The largest absolute Gasteiger partial charge is 2.00 e. The van der Waals surface area contributed by atoms with Gasteiger partial charge < -0.3 is 10.6 Å². The molecule has 0 radical (unpaired) electrons. The van der Waals surface area contributed by atoms with Gasteiger partial charge in [0.25, 0.3) is 0 Å². The summed E-state index contributed by atoms with van der Waals surface area (Å²) in [6.07, 6.45) is 17.3. The summed E-state index contributed by atoms with van der Waals surface area (Å²) in [7, 11) is 0. The molecule has 0 fully saturated rings. The Kier molecular flexibility index (Phi) is 15.2. The second-order valence-corrected chi connectivity index (χ2v) is 8.03. The zero-order chi connectivity index (χ0) is 21.6. The van der Waals surface area contributed by atoms with E-state index in [0.717, 1.165) is 39.0 Å². The van der Waals surface area contributed by atoms with E-state index in [2.05, 4.69) is 73.8 Å². The van der Waals surface area contributed by atoms with Crippen LogP contribution >= 0.6 is 0 Å². The first-order valence-electron chi connectivity index (χ1n) is 11.8. The van der Waals surface area contributed by atoms with Crippen LogP contribution in [0, 0.1) is 38.0 Å². The van der Waals surface area contributed by atoms with Gasteiger partial charge in [-0.05, 0) is 57.4 Å². The number of rotatable bonds is 10. The van der Waals surface area contributed by atoms with Crippen LogP contribution in [0.5, 0.6) is 0 Å². The molecule has 1 aromatic rings. The van der Waals surface area contributed by atoms with E-state index >= 15 is 0 Å². The second kappa shape index (κ2) is 16.7. The van der Waals surface area contributed by atoms with Crippen LogP contribution in [0.15, 0.2) is 71.4 Å². The SMILES string of the molecule is CC.CC1=CC=C(C(C[N-]CC[N-]CCC2=CCCC=C2)c2ccc(C)cc2)CC1.[U+2]. The molecule has 3 heteroatoms. The Morgan fingerprint density at radius 1 is 0.871 bits per heavy atom. The first kappa shape index (κ1) is 28.2. The normalized spacial score (nSPS) is 16.2. The van der Waals surface area contributed by atoms with Crippen molar-refractivity contribution >= 4 is 0 Å². The molecular formula is C28H40N2U. The standard InChI is InChI=1S/C26H34N2.C2H6.U/c1-21-8-12-24(13-9-21)26(25-14-10-22(2)11-15-25)20-28-19-18-27-17-16-23-6-4-3-5-7-23;1-2;/h4,6-10,12-14,26H,3,5,11,15-20H2,1-2H3;1-2H3;/q-2;;+2. The van der Waals surface area contributed by atoms with Gasteiger partial charge in [-0.3, -0.25) is 0 Å². The van der Waals surface area contributed by atoms with Gasteiger partial charge in [0.15, 0.2) is 0 Å². The second-order valence-electron chi connectivity index (χ2n) is 8.03. The van der Waals surface area contributed by atoms with E-state index < -0.39 is 0 Å². The molecule has 166 valence electrons. The predicted octanol–water partition coefficient (Wildman–Crippen LogP) is 8.19. The van der Waals surface area contributed by atoms with Gasteiger partial charge in [-0.2, -0.15) is 13.1 Å². The van der Waals surface area contributed by atoms with E-state index in [0.29, 0.717) is 5.92 Å². The van der Waals surface area contributed by atoms with Gasteiger partial charge in [-0.1, -0.05) is 90.8 Å². The van der Waals surface area contributed by atoms with E-state index in [4.69, 9.17) is 5.32 Å². The van der Waals surface area contributed by atoms with Gasteiger partial charge in [0.1, 0.15) is 0 Å². The molecule has 1 unspecified atom stereocenters. The summed E-state index contributed by atoms with van der Waals surface area (Å²) in [6, 6.07) is 8.99. The average molecular weight is 643 g/mol. The maximum Gasteiger partial charge on any atom is 2.00 e. The minimum absolute atomic E-state index is 0. The fourth-order valence-electron chi connectivity index (χ4n) is 3.82. The van der Waals surface area contributed by atoms with Crippen LogP contribution in [-0.4, -0.2) is 26.2 Å². The summed E-state index contributed by atoms with van der Waals surface area (Å²) in [5.74, 6) is 0.405. The van der Waals surface area contributed by atoms with Crippen LogP contribution in [0.1, 0.15) is 69.9 Å². The van der Waals surface area contributed by atoms with Crippen molar-refractivity contribution in [3.05, 3.63) is 93.1 Å². The Morgan fingerprint density at radius 2 is 1.61 bits per heavy atom. The number of allylic oxidation sites excluding steroid dienone is 6. The first-order valence-corrected chi connectivity index (χ1v) is 11.8. The van der Waals surface area contributed by atoms with Crippen LogP contribution in [0.2, 0.25) is 0 Å². The van der Waals surface area contributed by atoms with Gasteiger partial charge in [0.2, 0.25) is 0 Å². The van der Waals surface area contributed by atoms with Crippen LogP contribution in [0.25, 0.3) is 10.6 Å². The molecule has 0 aromatic heterocycles. The molecule has 0 bridgehead atoms. The summed E-state index contributed by atoms with van der Waals surface area (Å²) >= 11 is 0. The molecule has 0 N–H and O–H groups in total. The van der Waals surface area contributed by atoms with Crippen molar-refractivity contribution in [2.75, 3.05) is 26.2 Å². The van der Waals surface area contributed by atoms with E-state index in [1.807, 2.05) is 13.8 Å². The van der Waals surface area contributed by atoms with Gasteiger partial charge in [-0.25, -0.2) is 0 Å². The summed E-state index contributed by atoms with van der Waals surface area (Å²) in [6.45, 7) is 11.8. The summed E-state index contributed by atoms with van der Waals surface area (Å²) in [5, 5.41) is 9.54. The topological polar surface area (TPSA) is 28.2 Å². The van der Waals surface area contributed by atoms with Crippen molar-refractivity contribution in [3.8, 4) is 0 Å². The third-order valence-electron chi connectivity index (χ3n) is 5.68. The molecule has 0 heterocycles. The molecule has 3 rings (SSSR count). The van der Waals surface area contributed by atoms with E-state index in [1.165, 1.54) is 47.1 Å².